The molecule has 0 aliphatic heterocycles. The lowest BCUT2D eigenvalue weighted by molar-refractivity contribution is -0.118. The van der Waals surface area contributed by atoms with E-state index in [1.54, 1.807) is 37.3 Å². The fourth-order valence-electron chi connectivity index (χ4n) is 4.72. The molecule has 0 aliphatic carbocycles. The Morgan fingerprint density at radius 2 is 1.41 bits per heavy atom. The van der Waals surface area contributed by atoms with Crippen molar-refractivity contribution in [1.29, 1.82) is 0 Å². The van der Waals surface area contributed by atoms with Gasteiger partial charge in [-0.2, -0.15) is 0 Å². The Morgan fingerprint density at radius 3 is 1.91 bits per heavy atom. The van der Waals surface area contributed by atoms with Crippen LogP contribution in [0.5, 0.6) is 23.3 Å². The summed E-state index contributed by atoms with van der Waals surface area (Å²) in [5.41, 5.74) is -0.946. The van der Waals surface area contributed by atoms with Crippen LogP contribution >= 0.6 is 40.4 Å². The van der Waals surface area contributed by atoms with Crippen LogP contribution in [0.4, 0.5) is 5.69 Å². The molecule has 0 saturated heterocycles. The van der Waals surface area contributed by atoms with E-state index >= 15 is 0 Å². The van der Waals surface area contributed by atoms with Gasteiger partial charge < -0.3 is 25.0 Å². The van der Waals surface area contributed by atoms with Crippen molar-refractivity contribution in [3.8, 4) is 23.3 Å². The van der Waals surface area contributed by atoms with Gasteiger partial charge in [0.05, 0.1) is 28.1 Å². The molecule has 0 unspecified atom stereocenters. The molecule has 44 heavy (non-hydrogen) atoms. The average molecular weight is 705 g/mol. The quantitative estimate of drug-likeness (QED) is 0.221. The number of benzene rings is 2. The summed E-state index contributed by atoms with van der Waals surface area (Å²) in [6.45, 7) is 1.59. The van der Waals surface area contributed by atoms with E-state index in [4.69, 9.17) is 33.9 Å². The molecule has 0 atom stereocenters. The summed E-state index contributed by atoms with van der Waals surface area (Å²) in [5.74, 6) is -2.38. The van der Waals surface area contributed by atoms with Crippen molar-refractivity contribution >= 4 is 52.0 Å². The van der Waals surface area contributed by atoms with Gasteiger partial charge in [0, 0.05) is 33.9 Å². The molecule has 0 spiro atoms. The molecule has 2 heterocycles. The Hall–Kier alpha value is -4.21. The molecular weight excluding hydrogens is 674 g/mol. The van der Waals surface area contributed by atoms with Crippen molar-refractivity contribution < 1.29 is 24.5 Å². The summed E-state index contributed by atoms with van der Waals surface area (Å²) in [6.07, 6.45) is 0. The maximum Gasteiger partial charge on any atom is 0.262 e. The molecule has 15 heteroatoms. The van der Waals surface area contributed by atoms with Crippen LogP contribution in [0.25, 0.3) is 0 Å². The van der Waals surface area contributed by atoms with Gasteiger partial charge >= 0.3 is 0 Å². The van der Waals surface area contributed by atoms with E-state index in [1.165, 1.54) is 43.4 Å². The zero-order valence-corrected chi connectivity index (χ0v) is 27.7. The molecular formula is C29H30BrN5O7S2. The van der Waals surface area contributed by atoms with Crippen LogP contribution in [0.1, 0.15) is 29.5 Å². The van der Waals surface area contributed by atoms with E-state index in [1.807, 2.05) is 6.07 Å². The van der Waals surface area contributed by atoms with Crippen molar-refractivity contribution in [2.24, 2.45) is 28.2 Å². The van der Waals surface area contributed by atoms with Crippen LogP contribution in [0.2, 0.25) is 0 Å². The lowest BCUT2D eigenvalue weighted by Crippen LogP contribution is -2.33. The predicted octanol–water partition coefficient (Wildman–Crippen LogP) is 3.99. The molecule has 0 aliphatic rings. The standard InChI is InChI=1S/C29H30BrN5O7S2/c1-6-41-18-13-15(12-17(30)23(18)42-14-19(36)31-16-10-8-7-9-11-16)20(21-24(37)32(2)28(43)33(3)25(21)38)22-26(39)34(4)29(44)35(5)27(22)40/h7-13,20,37,39H,6,14H2,1-5H3,(H,31,36). The Kier molecular flexibility index (Phi) is 9.81. The van der Waals surface area contributed by atoms with Gasteiger partial charge in [-0.25, -0.2) is 0 Å². The fraction of sp³-hybridized carbons (Fsp3) is 0.276. The van der Waals surface area contributed by atoms with Gasteiger partial charge in [0.2, 0.25) is 11.8 Å². The summed E-state index contributed by atoms with van der Waals surface area (Å²) >= 11 is 14.1. The van der Waals surface area contributed by atoms with Gasteiger partial charge in [0.1, 0.15) is 0 Å². The van der Waals surface area contributed by atoms with E-state index in [-0.39, 0.29) is 50.9 Å². The van der Waals surface area contributed by atoms with E-state index in [0.29, 0.717) is 10.2 Å². The number of rotatable bonds is 9. The van der Waals surface area contributed by atoms with Crippen molar-refractivity contribution in [3.63, 3.8) is 0 Å². The number of hydrogen-bond acceptors (Lipinski definition) is 9. The first-order chi connectivity index (χ1) is 20.8. The highest BCUT2D eigenvalue weighted by Crippen LogP contribution is 2.43. The highest BCUT2D eigenvalue weighted by atomic mass is 79.9. The molecule has 0 bridgehead atoms. The van der Waals surface area contributed by atoms with E-state index in [0.717, 1.165) is 9.13 Å². The van der Waals surface area contributed by atoms with Crippen molar-refractivity contribution in [1.82, 2.24) is 18.3 Å². The second-order valence-corrected chi connectivity index (χ2v) is 11.4. The van der Waals surface area contributed by atoms with Crippen molar-refractivity contribution in [2.45, 2.75) is 12.8 Å². The molecule has 0 radical (unpaired) electrons. The molecule has 4 aromatic rings. The number of nitrogens with one attached hydrogen (secondary N) is 1. The van der Waals surface area contributed by atoms with E-state index in [9.17, 15) is 24.6 Å². The van der Waals surface area contributed by atoms with Gasteiger partial charge in [0.25, 0.3) is 17.0 Å². The number of halogens is 1. The number of amides is 1. The molecule has 12 nitrogen and oxygen atoms in total. The molecule has 2 aromatic heterocycles. The normalized spacial score (nSPS) is 11.1. The first-order valence-electron chi connectivity index (χ1n) is 13.2. The number of hydrogen-bond donors (Lipinski definition) is 3. The Bertz CT molecular complexity index is 1920. The highest BCUT2D eigenvalue weighted by Gasteiger charge is 2.33. The van der Waals surface area contributed by atoms with Crippen LogP contribution in [-0.4, -0.2) is 47.6 Å². The smallest absolute Gasteiger partial charge is 0.262 e. The summed E-state index contributed by atoms with van der Waals surface area (Å²) in [7, 11) is 5.82. The second-order valence-electron chi connectivity index (χ2n) is 9.78. The lowest BCUT2D eigenvalue weighted by Gasteiger charge is -2.24. The molecule has 3 N–H and O–H groups in total. The number of aromatic nitrogens is 4. The largest absolute Gasteiger partial charge is 0.494 e. The van der Waals surface area contributed by atoms with Gasteiger partial charge in [-0.05, 0) is 77.1 Å². The number of nitrogens with zero attached hydrogens (tertiary/aromatic N) is 4. The Labute approximate surface area is 270 Å². The minimum Gasteiger partial charge on any atom is -0.494 e. The lowest BCUT2D eigenvalue weighted by atomic mass is 9.86. The number of ether oxygens (including phenoxy) is 2. The highest BCUT2D eigenvalue weighted by molar-refractivity contribution is 9.10. The summed E-state index contributed by atoms with van der Waals surface area (Å²) in [4.78, 5) is 40.0. The molecule has 0 fully saturated rings. The molecule has 4 rings (SSSR count). The third-order valence-corrected chi connectivity index (χ3v) is 8.67. The number of carbonyl (C=O) groups is 1. The summed E-state index contributed by atoms with van der Waals surface area (Å²) in [5, 5.41) is 25.3. The topological polar surface area (TPSA) is 142 Å². The van der Waals surface area contributed by atoms with Crippen LogP contribution in [-0.2, 0) is 33.0 Å². The third kappa shape index (κ3) is 6.07. The zero-order valence-electron chi connectivity index (χ0n) is 24.5. The third-order valence-electron chi connectivity index (χ3n) is 6.98. The van der Waals surface area contributed by atoms with Gasteiger partial charge in [-0.15, -0.1) is 0 Å². The first-order valence-corrected chi connectivity index (χ1v) is 14.8. The summed E-state index contributed by atoms with van der Waals surface area (Å²) < 4.78 is 16.9. The van der Waals surface area contributed by atoms with E-state index < -0.39 is 34.7 Å². The second kappa shape index (κ2) is 13.2. The van der Waals surface area contributed by atoms with Crippen LogP contribution < -0.4 is 25.9 Å². The number of anilines is 1. The maximum atomic E-state index is 13.7. The number of carbonyl (C=O) groups excluding carboxylic acids is 1. The molecule has 2 aromatic carbocycles. The van der Waals surface area contributed by atoms with Crippen LogP contribution in [0.15, 0.2) is 56.5 Å². The van der Waals surface area contributed by atoms with Gasteiger partial charge in [-0.3, -0.25) is 32.7 Å². The number of aromatic hydroxyl groups is 2. The minimum absolute atomic E-state index is 0.0345. The van der Waals surface area contributed by atoms with Crippen molar-refractivity contribution in [2.75, 3.05) is 18.5 Å². The Balaban J connectivity index is 1.95. The molecule has 0 saturated carbocycles. The van der Waals surface area contributed by atoms with E-state index in [2.05, 4.69) is 21.2 Å². The zero-order chi connectivity index (χ0) is 32.5. The van der Waals surface area contributed by atoms with Gasteiger partial charge in [0.15, 0.2) is 27.6 Å². The summed E-state index contributed by atoms with van der Waals surface area (Å²) in [6, 6.07) is 12.0. The predicted molar refractivity (Wildman–Crippen MR) is 173 cm³/mol. The first kappa shape index (κ1) is 32.7. The Morgan fingerprint density at radius 1 is 0.886 bits per heavy atom. The monoisotopic (exact) mass is 703 g/mol. The van der Waals surface area contributed by atoms with Crippen molar-refractivity contribution in [3.05, 3.63) is 93.9 Å². The molecule has 232 valence electrons. The molecule has 1 amide bonds. The number of para-hydroxylation sites is 1. The average Bonchev–Trinajstić information content (AvgIpc) is 3.00. The van der Waals surface area contributed by atoms with Crippen LogP contribution in [0.3, 0.4) is 0 Å². The van der Waals surface area contributed by atoms with Gasteiger partial charge in [-0.1, -0.05) is 18.2 Å². The van der Waals surface area contributed by atoms with Crippen LogP contribution in [0, 0.1) is 9.54 Å². The minimum atomic E-state index is -1.33. The fourth-order valence-corrected chi connectivity index (χ4v) is 5.63. The SMILES string of the molecule is CCOc1cc(C(c2c(O)n(C)c(=S)n(C)c2=O)c2c(O)n(C)c(=S)n(C)c2=O)cc(Br)c1OCC(=O)Nc1ccccc1. The maximum absolute atomic E-state index is 13.7.